The minimum Gasteiger partial charge on any atom is -0.470 e. The van der Waals surface area contributed by atoms with E-state index >= 15 is 0 Å². The molecular formula is C15H21N3O6. The summed E-state index contributed by atoms with van der Waals surface area (Å²) < 4.78 is 20.4. The highest BCUT2D eigenvalue weighted by Crippen LogP contribution is 2.22. The molecule has 2 aromatic rings. The summed E-state index contributed by atoms with van der Waals surface area (Å²) in [6, 6.07) is 1.35. The number of nitrogens with one attached hydrogen (secondary N) is 1. The van der Waals surface area contributed by atoms with Gasteiger partial charge in [0.25, 0.3) is 5.88 Å². The lowest BCUT2D eigenvalue weighted by Gasteiger charge is -2.02. The van der Waals surface area contributed by atoms with Gasteiger partial charge in [0.2, 0.25) is 0 Å². The molecule has 2 rings (SSSR count). The smallest absolute Gasteiger partial charge is 0.415 e. The van der Waals surface area contributed by atoms with Crippen LogP contribution in [0.5, 0.6) is 11.8 Å². The molecule has 0 fully saturated rings. The number of rotatable bonds is 9. The van der Waals surface area contributed by atoms with Crippen LogP contribution in [0.1, 0.15) is 36.8 Å². The van der Waals surface area contributed by atoms with Gasteiger partial charge in [0.05, 0.1) is 23.9 Å². The fourth-order valence-corrected chi connectivity index (χ4v) is 1.95. The number of amides is 1. The summed E-state index contributed by atoms with van der Waals surface area (Å²) in [4.78, 5) is 11.3. The lowest BCUT2D eigenvalue weighted by molar-refractivity contribution is 0.175. The summed E-state index contributed by atoms with van der Waals surface area (Å²) in [5.74, 6) is 0.778. The maximum atomic E-state index is 11.3. The van der Waals surface area contributed by atoms with Gasteiger partial charge in [-0.3, -0.25) is 0 Å². The van der Waals surface area contributed by atoms with Crippen molar-refractivity contribution in [2.45, 2.75) is 39.7 Å². The summed E-state index contributed by atoms with van der Waals surface area (Å²) >= 11 is 0. The van der Waals surface area contributed by atoms with Gasteiger partial charge >= 0.3 is 12.0 Å². The van der Waals surface area contributed by atoms with Crippen LogP contribution < -0.4 is 14.8 Å². The molecule has 0 aliphatic heterocycles. The zero-order valence-electron chi connectivity index (χ0n) is 13.7. The van der Waals surface area contributed by atoms with E-state index in [1.807, 2.05) is 6.92 Å². The molecule has 24 heavy (non-hydrogen) atoms. The number of aromatic nitrogens is 2. The standard InChI is InChI=1S/C15H21N3O6/c1-3-4-5-12-11(10(2)23-17-12)9-21-13-8-14(24-18-13)22-15(20)16-6-7-19/h8,19H,3-7,9H2,1-2H3,(H,16,20). The van der Waals surface area contributed by atoms with Crippen molar-refractivity contribution in [3.63, 3.8) is 0 Å². The number of nitrogens with zero attached hydrogens (tertiary/aromatic N) is 2. The van der Waals surface area contributed by atoms with Gasteiger partial charge in [-0.05, 0) is 24.9 Å². The predicted octanol–water partition coefficient (Wildman–Crippen LogP) is 1.97. The third-order valence-electron chi connectivity index (χ3n) is 3.24. The van der Waals surface area contributed by atoms with E-state index in [9.17, 15) is 4.79 Å². The molecule has 2 aromatic heterocycles. The van der Waals surface area contributed by atoms with Crippen molar-refractivity contribution in [3.05, 3.63) is 23.1 Å². The van der Waals surface area contributed by atoms with E-state index in [1.165, 1.54) is 6.07 Å². The molecule has 0 atom stereocenters. The third-order valence-corrected chi connectivity index (χ3v) is 3.24. The molecular weight excluding hydrogens is 318 g/mol. The number of hydrogen-bond acceptors (Lipinski definition) is 8. The van der Waals surface area contributed by atoms with Crippen LogP contribution in [0, 0.1) is 6.92 Å². The Hall–Kier alpha value is -2.55. The van der Waals surface area contributed by atoms with Crippen molar-refractivity contribution in [1.82, 2.24) is 15.6 Å². The van der Waals surface area contributed by atoms with E-state index in [1.54, 1.807) is 0 Å². The Kier molecular flexibility index (Phi) is 6.62. The van der Waals surface area contributed by atoms with Crippen LogP contribution in [0.2, 0.25) is 0 Å². The Morgan fingerprint density at radius 3 is 2.96 bits per heavy atom. The Balaban J connectivity index is 1.89. The summed E-state index contributed by atoms with van der Waals surface area (Å²) in [5.41, 5.74) is 1.76. The van der Waals surface area contributed by atoms with Crippen molar-refractivity contribution in [3.8, 4) is 11.8 Å². The van der Waals surface area contributed by atoms with E-state index in [-0.39, 0.29) is 31.6 Å². The number of aryl methyl sites for hydroxylation is 2. The van der Waals surface area contributed by atoms with Crippen LogP contribution in [0.25, 0.3) is 0 Å². The first-order valence-corrected chi connectivity index (χ1v) is 7.74. The van der Waals surface area contributed by atoms with E-state index < -0.39 is 6.09 Å². The van der Waals surface area contributed by atoms with Crippen molar-refractivity contribution >= 4 is 6.09 Å². The number of hydrogen-bond donors (Lipinski definition) is 2. The largest absolute Gasteiger partial charge is 0.470 e. The minimum atomic E-state index is -0.747. The molecule has 0 spiro atoms. The predicted molar refractivity (Wildman–Crippen MR) is 81.8 cm³/mol. The Morgan fingerprint density at radius 2 is 2.21 bits per heavy atom. The topological polar surface area (TPSA) is 120 Å². The van der Waals surface area contributed by atoms with Gasteiger partial charge in [0, 0.05) is 6.54 Å². The van der Waals surface area contributed by atoms with Gasteiger partial charge < -0.3 is 28.9 Å². The Morgan fingerprint density at radius 1 is 1.38 bits per heavy atom. The highest BCUT2D eigenvalue weighted by Gasteiger charge is 2.15. The number of aliphatic hydroxyl groups excluding tert-OH is 1. The second-order valence-electron chi connectivity index (χ2n) is 5.08. The molecule has 0 aromatic carbocycles. The van der Waals surface area contributed by atoms with Gasteiger partial charge in [0.1, 0.15) is 12.4 Å². The van der Waals surface area contributed by atoms with Crippen molar-refractivity contribution < 1.29 is 28.4 Å². The van der Waals surface area contributed by atoms with E-state index in [0.717, 1.165) is 30.5 Å². The van der Waals surface area contributed by atoms with Crippen LogP contribution in [-0.2, 0) is 13.0 Å². The Labute approximate surface area is 138 Å². The Bertz CT molecular complexity index is 651. The molecule has 0 aliphatic rings. The van der Waals surface area contributed by atoms with Crippen molar-refractivity contribution in [2.24, 2.45) is 0 Å². The average Bonchev–Trinajstić information content (AvgIpc) is 3.15. The van der Waals surface area contributed by atoms with Gasteiger partial charge in [0.15, 0.2) is 0 Å². The maximum absolute atomic E-state index is 11.3. The molecule has 0 bridgehead atoms. The molecule has 0 saturated heterocycles. The summed E-state index contributed by atoms with van der Waals surface area (Å²) in [7, 11) is 0. The van der Waals surface area contributed by atoms with Crippen LogP contribution in [0.15, 0.2) is 15.1 Å². The molecule has 0 saturated carbocycles. The monoisotopic (exact) mass is 339 g/mol. The van der Waals surface area contributed by atoms with Gasteiger partial charge in [-0.15, -0.1) is 0 Å². The number of carbonyl (C=O) groups is 1. The van der Waals surface area contributed by atoms with Gasteiger partial charge in [-0.25, -0.2) is 4.79 Å². The third kappa shape index (κ3) is 4.98. The summed E-state index contributed by atoms with van der Waals surface area (Å²) in [6.45, 7) is 4.07. The second-order valence-corrected chi connectivity index (χ2v) is 5.08. The van der Waals surface area contributed by atoms with Crippen LogP contribution >= 0.6 is 0 Å². The van der Waals surface area contributed by atoms with E-state index in [0.29, 0.717) is 5.76 Å². The normalized spacial score (nSPS) is 10.6. The van der Waals surface area contributed by atoms with Crippen LogP contribution in [0.3, 0.4) is 0 Å². The summed E-state index contributed by atoms with van der Waals surface area (Å²) in [6.07, 6.45) is 2.16. The van der Waals surface area contributed by atoms with Crippen LogP contribution in [-0.4, -0.2) is 34.7 Å². The minimum absolute atomic E-state index is 0.0869. The first kappa shape index (κ1) is 17.8. The first-order valence-electron chi connectivity index (χ1n) is 7.74. The average molecular weight is 339 g/mol. The van der Waals surface area contributed by atoms with Gasteiger partial charge in [-0.1, -0.05) is 18.5 Å². The number of carbonyl (C=O) groups excluding carboxylic acids is 1. The lowest BCUT2D eigenvalue weighted by atomic mass is 10.1. The second kappa shape index (κ2) is 8.92. The van der Waals surface area contributed by atoms with Crippen molar-refractivity contribution in [2.75, 3.05) is 13.2 Å². The number of unbranched alkanes of at least 4 members (excludes halogenated alkanes) is 1. The van der Waals surface area contributed by atoms with E-state index in [4.69, 9.17) is 23.6 Å². The van der Waals surface area contributed by atoms with Crippen LogP contribution in [0.4, 0.5) is 4.79 Å². The molecule has 0 unspecified atom stereocenters. The molecule has 9 heteroatoms. The van der Waals surface area contributed by atoms with E-state index in [2.05, 4.69) is 22.6 Å². The molecule has 132 valence electrons. The lowest BCUT2D eigenvalue weighted by Crippen LogP contribution is -2.29. The zero-order chi connectivity index (χ0) is 17.4. The zero-order valence-corrected chi connectivity index (χ0v) is 13.7. The fourth-order valence-electron chi connectivity index (χ4n) is 1.95. The van der Waals surface area contributed by atoms with Gasteiger partial charge in [-0.2, -0.15) is 0 Å². The summed E-state index contributed by atoms with van der Waals surface area (Å²) in [5, 5.41) is 18.6. The van der Waals surface area contributed by atoms with Crippen molar-refractivity contribution in [1.29, 1.82) is 0 Å². The molecule has 0 radical (unpaired) electrons. The first-order chi connectivity index (χ1) is 11.6. The highest BCUT2D eigenvalue weighted by molar-refractivity contribution is 5.69. The number of aliphatic hydroxyl groups is 1. The molecule has 2 N–H and O–H groups in total. The SMILES string of the molecule is CCCCc1noc(C)c1COc1cc(OC(=O)NCCO)on1. The maximum Gasteiger partial charge on any atom is 0.415 e. The molecule has 2 heterocycles. The fraction of sp³-hybridized carbons (Fsp3) is 0.533. The quantitative estimate of drug-likeness (QED) is 0.711. The molecule has 9 nitrogen and oxygen atoms in total. The molecule has 1 amide bonds. The number of ether oxygens (including phenoxy) is 2. The highest BCUT2D eigenvalue weighted by atomic mass is 16.7. The molecule has 0 aliphatic carbocycles.